The number of hydrogen-bond donors (Lipinski definition) is 0. The van der Waals surface area contributed by atoms with E-state index in [0.29, 0.717) is 0 Å². The zero-order valence-corrected chi connectivity index (χ0v) is 11.8. The number of para-hydroxylation sites is 1. The molecule has 0 aliphatic rings. The SMILES string of the molecule is [CH](c1ccccc1)N([CH]c1ccccc1)c1ccccc1. The highest BCUT2D eigenvalue weighted by molar-refractivity contribution is 5.55. The first-order chi connectivity index (χ1) is 10.4. The van der Waals surface area contributed by atoms with Gasteiger partial charge in [0.05, 0.1) is 13.1 Å². The Hall–Kier alpha value is -2.54. The van der Waals surface area contributed by atoms with E-state index >= 15 is 0 Å². The first kappa shape index (κ1) is 13.4. The van der Waals surface area contributed by atoms with E-state index in [0.717, 1.165) is 5.69 Å². The van der Waals surface area contributed by atoms with Crippen molar-refractivity contribution < 1.29 is 0 Å². The minimum absolute atomic E-state index is 1.14. The summed E-state index contributed by atoms with van der Waals surface area (Å²) in [5.74, 6) is 0. The van der Waals surface area contributed by atoms with Gasteiger partial charge in [-0.05, 0) is 23.3 Å². The molecule has 0 atom stereocenters. The minimum atomic E-state index is 1.14. The van der Waals surface area contributed by atoms with Gasteiger partial charge >= 0.3 is 0 Å². The first-order valence-electron chi connectivity index (χ1n) is 7.05. The molecule has 0 N–H and O–H groups in total. The van der Waals surface area contributed by atoms with Gasteiger partial charge in [-0.3, -0.25) is 0 Å². The molecule has 3 rings (SSSR count). The second-order valence-electron chi connectivity index (χ2n) is 4.82. The fraction of sp³-hybridized carbons (Fsp3) is 0. The van der Waals surface area contributed by atoms with Gasteiger partial charge in [0.25, 0.3) is 0 Å². The van der Waals surface area contributed by atoms with Gasteiger partial charge in [-0.15, -0.1) is 0 Å². The van der Waals surface area contributed by atoms with Crippen LogP contribution < -0.4 is 4.90 Å². The van der Waals surface area contributed by atoms with Gasteiger partial charge in [-0.1, -0.05) is 78.9 Å². The van der Waals surface area contributed by atoms with Crippen LogP contribution in [-0.4, -0.2) is 0 Å². The molecular weight excluding hydrogens is 254 g/mol. The van der Waals surface area contributed by atoms with Crippen LogP contribution in [0.25, 0.3) is 0 Å². The standard InChI is InChI=1S/C20H17N/c1-4-10-18(11-5-1)16-21(20-14-8-3-9-15-20)17-19-12-6-2-7-13-19/h1-17H. The molecule has 0 heterocycles. The fourth-order valence-electron chi connectivity index (χ4n) is 2.19. The molecule has 0 spiro atoms. The lowest BCUT2D eigenvalue weighted by Gasteiger charge is -2.24. The maximum Gasteiger partial charge on any atom is 0.0795 e. The normalized spacial score (nSPS) is 10.3. The predicted octanol–water partition coefficient (Wildman–Crippen LogP) is 4.91. The maximum atomic E-state index is 2.16. The number of hydrogen-bond acceptors (Lipinski definition) is 1. The van der Waals surface area contributed by atoms with E-state index < -0.39 is 0 Å². The summed E-state index contributed by atoms with van der Waals surface area (Å²) in [5, 5.41) is 0. The third-order valence-corrected chi connectivity index (χ3v) is 3.23. The molecule has 0 aromatic heterocycles. The molecule has 3 aromatic carbocycles. The van der Waals surface area contributed by atoms with Crippen molar-refractivity contribution in [2.24, 2.45) is 0 Å². The lowest BCUT2D eigenvalue weighted by atomic mass is 10.1. The number of anilines is 1. The van der Waals surface area contributed by atoms with E-state index in [1.165, 1.54) is 11.1 Å². The third-order valence-electron chi connectivity index (χ3n) is 3.23. The van der Waals surface area contributed by atoms with Crippen LogP contribution in [0.5, 0.6) is 0 Å². The average Bonchev–Trinajstić information content (AvgIpc) is 2.57. The predicted molar refractivity (Wildman–Crippen MR) is 88.6 cm³/mol. The molecule has 0 amide bonds. The van der Waals surface area contributed by atoms with Gasteiger partial charge in [0, 0.05) is 5.69 Å². The number of benzene rings is 3. The Balaban J connectivity index is 1.84. The van der Waals surface area contributed by atoms with Crippen molar-refractivity contribution in [3.63, 3.8) is 0 Å². The van der Waals surface area contributed by atoms with E-state index in [1.807, 2.05) is 18.2 Å². The molecule has 0 unspecified atom stereocenters. The van der Waals surface area contributed by atoms with Gasteiger partial charge in [0.1, 0.15) is 0 Å². The summed E-state index contributed by atoms with van der Waals surface area (Å²) in [4.78, 5) is 2.16. The van der Waals surface area contributed by atoms with Gasteiger partial charge in [0.15, 0.2) is 0 Å². The topological polar surface area (TPSA) is 3.24 Å². The van der Waals surface area contributed by atoms with E-state index in [9.17, 15) is 0 Å². The molecule has 0 saturated carbocycles. The fourth-order valence-corrected chi connectivity index (χ4v) is 2.19. The Labute approximate surface area is 126 Å². The molecule has 0 saturated heterocycles. The van der Waals surface area contributed by atoms with Crippen LogP contribution in [0.3, 0.4) is 0 Å². The van der Waals surface area contributed by atoms with Crippen molar-refractivity contribution in [1.82, 2.24) is 0 Å². The van der Waals surface area contributed by atoms with Gasteiger partial charge in [-0.2, -0.15) is 0 Å². The molecule has 0 aliphatic heterocycles. The Kier molecular flexibility index (Phi) is 4.33. The molecule has 102 valence electrons. The minimum Gasteiger partial charge on any atom is -0.353 e. The molecular formula is C20H17N. The first-order valence-corrected chi connectivity index (χ1v) is 7.05. The zero-order chi connectivity index (χ0) is 14.3. The van der Waals surface area contributed by atoms with Crippen LogP contribution in [0.1, 0.15) is 11.1 Å². The van der Waals surface area contributed by atoms with Crippen LogP contribution in [0.2, 0.25) is 0 Å². The van der Waals surface area contributed by atoms with Crippen LogP contribution in [0.4, 0.5) is 5.69 Å². The van der Waals surface area contributed by atoms with Crippen molar-refractivity contribution in [3.05, 3.63) is 115 Å². The van der Waals surface area contributed by atoms with Crippen LogP contribution in [-0.2, 0) is 0 Å². The molecule has 1 nitrogen and oxygen atoms in total. The van der Waals surface area contributed by atoms with E-state index in [2.05, 4.69) is 90.8 Å². The third kappa shape index (κ3) is 3.73. The van der Waals surface area contributed by atoms with Crippen molar-refractivity contribution in [2.75, 3.05) is 4.90 Å². The largest absolute Gasteiger partial charge is 0.353 e. The molecule has 0 fully saturated rings. The van der Waals surface area contributed by atoms with Crippen LogP contribution in [0, 0.1) is 13.1 Å². The summed E-state index contributed by atoms with van der Waals surface area (Å²) in [6.07, 6.45) is 0. The molecule has 0 bridgehead atoms. The summed E-state index contributed by atoms with van der Waals surface area (Å²) in [6, 6.07) is 31.1. The van der Waals surface area contributed by atoms with Crippen molar-refractivity contribution >= 4 is 5.69 Å². The number of nitrogens with zero attached hydrogens (tertiary/aromatic N) is 1. The van der Waals surface area contributed by atoms with Crippen molar-refractivity contribution in [2.45, 2.75) is 0 Å². The Morgan fingerprint density at radius 3 is 1.29 bits per heavy atom. The zero-order valence-electron chi connectivity index (χ0n) is 11.8. The summed E-state index contributed by atoms with van der Waals surface area (Å²) in [5.41, 5.74) is 3.49. The average molecular weight is 271 g/mol. The van der Waals surface area contributed by atoms with Crippen molar-refractivity contribution in [1.29, 1.82) is 0 Å². The summed E-state index contributed by atoms with van der Waals surface area (Å²) >= 11 is 0. The summed E-state index contributed by atoms with van der Waals surface area (Å²) in [7, 11) is 0. The highest BCUT2D eigenvalue weighted by atomic mass is 15.1. The van der Waals surface area contributed by atoms with Gasteiger partial charge in [-0.25, -0.2) is 0 Å². The van der Waals surface area contributed by atoms with Gasteiger partial charge < -0.3 is 4.90 Å². The summed E-state index contributed by atoms with van der Waals surface area (Å²) in [6.45, 7) is 4.28. The Morgan fingerprint density at radius 1 is 0.476 bits per heavy atom. The lowest BCUT2D eigenvalue weighted by molar-refractivity contribution is 1.09. The monoisotopic (exact) mass is 271 g/mol. The molecule has 2 radical (unpaired) electrons. The van der Waals surface area contributed by atoms with Crippen molar-refractivity contribution in [3.8, 4) is 0 Å². The maximum absolute atomic E-state index is 2.16. The van der Waals surface area contributed by atoms with E-state index in [1.54, 1.807) is 0 Å². The Bertz CT molecular complexity index is 606. The molecule has 3 aromatic rings. The highest BCUT2D eigenvalue weighted by Gasteiger charge is 2.09. The second-order valence-corrected chi connectivity index (χ2v) is 4.82. The lowest BCUT2D eigenvalue weighted by Crippen LogP contribution is -2.17. The van der Waals surface area contributed by atoms with Gasteiger partial charge in [0.2, 0.25) is 0 Å². The smallest absolute Gasteiger partial charge is 0.0795 e. The van der Waals surface area contributed by atoms with Crippen LogP contribution in [0.15, 0.2) is 91.0 Å². The molecule has 21 heavy (non-hydrogen) atoms. The molecule has 1 heteroatoms. The number of rotatable bonds is 5. The summed E-state index contributed by atoms with van der Waals surface area (Å²) < 4.78 is 0. The Morgan fingerprint density at radius 2 is 0.857 bits per heavy atom. The van der Waals surface area contributed by atoms with E-state index in [4.69, 9.17) is 0 Å². The van der Waals surface area contributed by atoms with Crippen LogP contribution >= 0.6 is 0 Å². The van der Waals surface area contributed by atoms with E-state index in [-0.39, 0.29) is 0 Å². The second kappa shape index (κ2) is 6.76. The highest BCUT2D eigenvalue weighted by Crippen LogP contribution is 2.22. The molecule has 0 aliphatic carbocycles. The quantitative estimate of drug-likeness (QED) is 0.637.